The number of hydrogen-bond acceptors (Lipinski definition) is 4. The van der Waals surface area contributed by atoms with Crippen molar-refractivity contribution < 1.29 is 9.53 Å². The van der Waals surface area contributed by atoms with E-state index < -0.39 is 0 Å². The maximum Gasteiger partial charge on any atom is 0.318 e. The van der Waals surface area contributed by atoms with Gasteiger partial charge in [-0.3, -0.25) is 0 Å². The number of urea groups is 1. The normalized spacial score (nSPS) is 11.5. The van der Waals surface area contributed by atoms with E-state index in [-0.39, 0.29) is 17.6 Å². The molecule has 6 heteroatoms. The average molecular weight is 376 g/mol. The van der Waals surface area contributed by atoms with Gasteiger partial charge in [-0.2, -0.15) is 0 Å². The predicted octanol–water partition coefficient (Wildman–Crippen LogP) is 4.75. The molecule has 0 radical (unpaired) electrons. The second-order valence-corrected chi connectivity index (χ2v) is 8.63. The average Bonchev–Trinajstić information content (AvgIpc) is 2.97. The van der Waals surface area contributed by atoms with E-state index in [1.165, 1.54) is 0 Å². The number of aryl methyl sites for hydroxylation is 1. The number of carbonyl (C=O) groups is 1. The molecule has 1 aromatic heterocycles. The summed E-state index contributed by atoms with van der Waals surface area (Å²) in [5.74, 6) is 0.873. The van der Waals surface area contributed by atoms with Crippen LogP contribution < -0.4 is 10.1 Å². The monoisotopic (exact) mass is 375 g/mol. The molecule has 1 N–H and O–H groups in total. The molecule has 0 bridgehead atoms. The van der Waals surface area contributed by atoms with Crippen LogP contribution >= 0.6 is 11.3 Å². The number of thiazole rings is 1. The Kier molecular flexibility index (Phi) is 6.64. The van der Waals surface area contributed by atoms with Gasteiger partial charge < -0.3 is 15.0 Å². The first-order valence-corrected chi connectivity index (χ1v) is 9.74. The van der Waals surface area contributed by atoms with Gasteiger partial charge in [0.25, 0.3) is 0 Å². The van der Waals surface area contributed by atoms with Gasteiger partial charge in [0.15, 0.2) is 0 Å². The lowest BCUT2D eigenvalue weighted by Gasteiger charge is -2.30. The maximum absolute atomic E-state index is 12.5. The molecule has 26 heavy (non-hydrogen) atoms. The van der Waals surface area contributed by atoms with Crippen LogP contribution in [0.5, 0.6) is 5.75 Å². The molecular formula is C20H29N3O2S. The molecule has 1 heterocycles. The van der Waals surface area contributed by atoms with E-state index in [0.717, 1.165) is 22.0 Å². The highest BCUT2D eigenvalue weighted by molar-refractivity contribution is 7.09. The molecule has 0 aliphatic carbocycles. The number of benzene rings is 1. The largest absolute Gasteiger partial charge is 0.486 e. The molecule has 2 amide bonds. The first kappa shape index (κ1) is 20.2. The lowest BCUT2D eigenvalue weighted by molar-refractivity contribution is 0.170. The summed E-state index contributed by atoms with van der Waals surface area (Å²) in [6, 6.07) is 7.96. The summed E-state index contributed by atoms with van der Waals surface area (Å²) >= 11 is 1.56. The van der Waals surface area contributed by atoms with Crippen LogP contribution in [0.15, 0.2) is 29.6 Å². The first-order chi connectivity index (χ1) is 12.2. The molecule has 0 saturated carbocycles. The minimum absolute atomic E-state index is 0.0711. The van der Waals surface area contributed by atoms with Gasteiger partial charge in [-0.1, -0.05) is 18.2 Å². The van der Waals surface area contributed by atoms with Gasteiger partial charge in [0, 0.05) is 17.0 Å². The molecule has 0 fully saturated rings. The number of ether oxygens (including phenoxy) is 1. The summed E-state index contributed by atoms with van der Waals surface area (Å²) in [6.45, 7) is 12.9. The third kappa shape index (κ3) is 6.02. The van der Waals surface area contributed by atoms with E-state index in [4.69, 9.17) is 4.74 Å². The van der Waals surface area contributed by atoms with E-state index >= 15 is 0 Å². The summed E-state index contributed by atoms with van der Waals surface area (Å²) in [7, 11) is 0. The van der Waals surface area contributed by atoms with Crippen molar-refractivity contribution in [3.63, 3.8) is 0 Å². The van der Waals surface area contributed by atoms with E-state index in [1.54, 1.807) is 16.2 Å². The molecule has 0 saturated heterocycles. The number of nitrogens with zero attached hydrogens (tertiary/aromatic N) is 2. The Balaban J connectivity index is 1.99. The number of hydrogen-bond donors (Lipinski definition) is 1. The van der Waals surface area contributed by atoms with Crippen molar-refractivity contribution in [2.24, 2.45) is 0 Å². The summed E-state index contributed by atoms with van der Waals surface area (Å²) in [5, 5.41) is 5.92. The van der Waals surface area contributed by atoms with Gasteiger partial charge in [0.2, 0.25) is 0 Å². The predicted molar refractivity (Wildman–Crippen MR) is 107 cm³/mol. The molecule has 0 spiro atoms. The van der Waals surface area contributed by atoms with Gasteiger partial charge in [0.1, 0.15) is 17.4 Å². The smallest absolute Gasteiger partial charge is 0.318 e. The highest BCUT2D eigenvalue weighted by atomic mass is 32.1. The number of amides is 2. The zero-order valence-electron chi connectivity index (χ0n) is 16.5. The standard InChI is InChI=1S/C20H29N3O2S/c1-14(2)23(19(24)22-20(4,5)6)11-16-13-26-18(21-16)12-25-17-10-8-7-9-15(17)3/h7-10,13-14H,11-12H2,1-6H3,(H,22,24). The second kappa shape index (κ2) is 8.54. The van der Waals surface area contributed by atoms with Gasteiger partial charge in [-0.05, 0) is 53.2 Å². The van der Waals surface area contributed by atoms with Crippen LogP contribution in [-0.2, 0) is 13.2 Å². The number of rotatable bonds is 6. The van der Waals surface area contributed by atoms with Crippen LogP contribution in [0.25, 0.3) is 0 Å². The van der Waals surface area contributed by atoms with Crippen molar-refractivity contribution in [2.45, 2.75) is 66.3 Å². The number of nitrogens with one attached hydrogen (secondary N) is 1. The lowest BCUT2D eigenvalue weighted by atomic mass is 10.1. The molecule has 1 aromatic carbocycles. The molecule has 5 nitrogen and oxygen atoms in total. The van der Waals surface area contributed by atoms with Crippen molar-refractivity contribution in [3.8, 4) is 5.75 Å². The minimum atomic E-state index is -0.265. The lowest BCUT2D eigenvalue weighted by Crippen LogP contribution is -2.50. The Hall–Kier alpha value is -2.08. The molecule has 0 aliphatic rings. The quantitative estimate of drug-likeness (QED) is 0.793. The summed E-state index contributed by atoms with van der Waals surface area (Å²) < 4.78 is 5.86. The number of para-hydroxylation sites is 1. The van der Waals surface area contributed by atoms with Gasteiger partial charge in [0.05, 0.1) is 12.2 Å². The van der Waals surface area contributed by atoms with Crippen molar-refractivity contribution in [1.82, 2.24) is 15.2 Å². The fourth-order valence-electron chi connectivity index (χ4n) is 2.40. The van der Waals surface area contributed by atoms with Crippen LogP contribution in [0.2, 0.25) is 0 Å². The highest BCUT2D eigenvalue weighted by Crippen LogP contribution is 2.20. The molecule has 2 aromatic rings. The molecule has 0 aliphatic heterocycles. The zero-order chi connectivity index (χ0) is 19.3. The van der Waals surface area contributed by atoms with Gasteiger partial charge >= 0.3 is 6.03 Å². The third-order valence-corrected chi connectivity index (χ3v) is 4.61. The highest BCUT2D eigenvalue weighted by Gasteiger charge is 2.22. The van der Waals surface area contributed by atoms with Crippen LogP contribution in [0.1, 0.15) is 50.9 Å². The number of aromatic nitrogens is 1. The molecule has 142 valence electrons. The minimum Gasteiger partial charge on any atom is -0.486 e. The molecular weight excluding hydrogens is 346 g/mol. The number of carbonyl (C=O) groups excluding carboxylic acids is 1. The topological polar surface area (TPSA) is 54.5 Å². The molecule has 0 atom stereocenters. The van der Waals surface area contributed by atoms with E-state index in [9.17, 15) is 4.79 Å². The zero-order valence-corrected chi connectivity index (χ0v) is 17.3. The maximum atomic E-state index is 12.5. The van der Waals surface area contributed by atoms with Crippen molar-refractivity contribution in [2.75, 3.05) is 0 Å². The molecule has 2 rings (SSSR count). The van der Waals surface area contributed by atoms with E-state index in [1.807, 2.05) is 71.2 Å². The Morgan fingerprint density at radius 3 is 2.62 bits per heavy atom. The summed E-state index contributed by atoms with van der Waals surface area (Å²) in [4.78, 5) is 19.0. The Morgan fingerprint density at radius 2 is 2.00 bits per heavy atom. The van der Waals surface area contributed by atoms with E-state index in [0.29, 0.717) is 13.2 Å². The third-order valence-electron chi connectivity index (χ3n) is 3.74. The van der Waals surface area contributed by atoms with Crippen molar-refractivity contribution >= 4 is 17.4 Å². The second-order valence-electron chi connectivity index (χ2n) is 7.69. The van der Waals surface area contributed by atoms with Crippen LogP contribution in [0.4, 0.5) is 4.79 Å². The van der Waals surface area contributed by atoms with Gasteiger partial charge in [-0.15, -0.1) is 11.3 Å². The Labute approximate surface area is 160 Å². The molecule has 0 unspecified atom stereocenters. The summed E-state index contributed by atoms with van der Waals surface area (Å²) in [6.07, 6.45) is 0. The van der Waals surface area contributed by atoms with Crippen molar-refractivity contribution in [3.05, 3.63) is 45.9 Å². The first-order valence-electron chi connectivity index (χ1n) is 8.86. The fraction of sp³-hybridized carbons (Fsp3) is 0.500. The van der Waals surface area contributed by atoms with Crippen LogP contribution in [-0.4, -0.2) is 27.5 Å². The van der Waals surface area contributed by atoms with Gasteiger partial charge in [-0.25, -0.2) is 9.78 Å². The van der Waals surface area contributed by atoms with Crippen LogP contribution in [0.3, 0.4) is 0 Å². The SMILES string of the molecule is Cc1ccccc1OCc1nc(CN(C(=O)NC(C)(C)C)C(C)C)cs1. The van der Waals surface area contributed by atoms with Crippen LogP contribution in [0, 0.1) is 6.92 Å². The Bertz CT molecular complexity index is 735. The van der Waals surface area contributed by atoms with E-state index in [2.05, 4.69) is 10.3 Å². The fourth-order valence-corrected chi connectivity index (χ4v) is 3.10. The Morgan fingerprint density at radius 1 is 1.31 bits per heavy atom. The summed E-state index contributed by atoms with van der Waals surface area (Å²) in [5.41, 5.74) is 1.73. The van der Waals surface area contributed by atoms with Crippen molar-refractivity contribution in [1.29, 1.82) is 0 Å².